The second-order valence-corrected chi connectivity index (χ2v) is 8.25. The second kappa shape index (κ2) is 8.37. The van der Waals surface area contributed by atoms with E-state index in [1.54, 1.807) is 12.1 Å². The van der Waals surface area contributed by atoms with Crippen LogP contribution >= 0.6 is 0 Å². The average Bonchev–Trinajstić information content (AvgIpc) is 2.88. The van der Waals surface area contributed by atoms with Crippen LogP contribution < -0.4 is 5.32 Å². The number of carboxylic acid groups (broad SMARTS) is 1. The first kappa shape index (κ1) is 20.7. The molecule has 1 heterocycles. The van der Waals surface area contributed by atoms with Gasteiger partial charge in [0.1, 0.15) is 6.04 Å². The third-order valence-corrected chi connectivity index (χ3v) is 4.44. The van der Waals surface area contributed by atoms with E-state index in [2.05, 4.69) is 31.2 Å². The van der Waals surface area contributed by atoms with E-state index < -0.39 is 12.0 Å². The fourth-order valence-electron chi connectivity index (χ4n) is 2.85. The molecule has 0 aliphatic rings. The van der Waals surface area contributed by atoms with Gasteiger partial charge in [0.2, 0.25) is 0 Å². The lowest BCUT2D eigenvalue weighted by Crippen LogP contribution is -2.41. The zero-order valence-corrected chi connectivity index (χ0v) is 16.7. The predicted octanol–water partition coefficient (Wildman–Crippen LogP) is 3.56. The van der Waals surface area contributed by atoms with Crippen LogP contribution in [0.5, 0.6) is 0 Å². The van der Waals surface area contributed by atoms with Gasteiger partial charge in [0, 0.05) is 11.3 Å². The van der Waals surface area contributed by atoms with Crippen LogP contribution in [-0.2, 0) is 11.3 Å². The highest BCUT2D eigenvalue weighted by Gasteiger charge is 2.23. The number of aromatic nitrogens is 2. The Labute approximate surface area is 160 Å². The number of nitrogens with one attached hydrogen (secondary N) is 1. The fraction of sp³-hybridized carbons (Fsp3) is 0.476. The summed E-state index contributed by atoms with van der Waals surface area (Å²) in [6, 6.07) is 8.32. The van der Waals surface area contributed by atoms with E-state index in [4.69, 9.17) is 0 Å². The first-order chi connectivity index (χ1) is 12.5. The van der Waals surface area contributed by atoms with Crippen molar-refractivity contribution in [3.8, 4) is 0 Å². The second-order valence-electron chi connectivity index (χ2n) is 8.25. The van der Waals surface area contributed by atoms with E-state index in [1.807, 2.05) is 36.7 Å². The van der Waals surface area contributed by atoms with Crippen molar-refractivity contribution < 1.29 is 14.7 Å². The van der Waals surface area contributed by atoms with Crippen LogP contribution in [0, 0.1) is 19.3 Å². The molecular formula is C21H29N3O3. The Kier molecular flexibility index (Phi) is 6.41. The molecule has 1 amide bonds. The van der Waals surface area contributed by atoms with Gasteiger partial charge in [0.25, 0.3) is 5.91 Å². The number of carbonyl (C=O) groups is 2. The van der Waals surface area contributed by atoms with Gasteiger partial charge in [0.15, 0.2) is 0 Å². The molecule has 2 N–H and O–H groups in total. The fourth-order valence-corrected chi connectivity index (χ4v) is 2.85. The topological polar surface area (TPSA) is 84.2 Å². The number of aliphatic carboxylic acids is 1. The van der Waals surface area contributed by atoms with Crippen molar-refractivity contribution in [2.45, 2.75) is 60.0 Å². The van der Waals surface area contributed by atoms with Crippen molar-refractivity contribution in [3.63, 3.8) is 0 Å². The highest BCUT2D eigenvalue weighted by atomic mass is 16.4. The number of benzene rings is 1. The Bertz CT molecular complexity index is 801. The maximum absolute atomic E-state index is 12.4. The van der Waals surface area contributed by atoms with Crippen molar-refractivity contribution in [1.29, 1.82) is 0 Å². The normalized spacial score (nSPS) is 12.6. The van der Waals surface area contributed by atoms with Gasteiger partial charge < -0.3 is 10.4 Å². The van der Waals surface area contributed by atoms with Crippen molar-refractivity contribution in [2.24, 2.45) is 5.41 Å². The number of carboxylic acids is 1. The highest BCUT2D eigenvalue weighted by Crippen LogP contribution is 2.22. The SMILES string of the molecule is Cc1cc(C)n(Cc2ccc(C(=O)NC(CCC(C)(C)C)C(=O)O)cc2)n1. The number of hydrogen-bond acceptors (Lipinski definition) is 3. The number of carbonyl (C=O) groups excluding carboxylic acids is 1. The van der Waals surface area contributed by atoms with Crippen LogP contribution in [0.15, 0.2) is 30.3 Å². The molecule has 1 aromatic carbocycles. The minimum Gasteiger partial charge on any atom is -0.480 e. The Morgan fingerprint density at radius 3 is 2.30 bits per heavy atom. The van der Waals surface area contributed by atoms with Crippen molar-refractivity contribution >= 4 is 11.9 Å². The lowest BCUT2D eigenvalue weighted by atomic mass is 9.88. The summed E-state index contributed by atoms with van der Waals surface area (Å²) in [5.41, 5.74) is 3.55. The van der Waals surface area contributed by atoms with E-state index in [0.717, 1.165) is 17.0 Å². The summed E-state index contributed by atoms with van der Waals surface area (Å²) in [6.45, 7) is 10.7. The third kappa shape index (κ3) is 6.24. The smallest absolute Gasteiger partial charge is 0.326 e. The molecule has 1 unspecified atom stereocenters. The molecular weight excluding hydrogens is 342 g/mol. The van der Waals surface area contributed by atoms with Gasteiger partial charge >= 0.3 is 5.97 Å². The van der Waals surface area contributed by atoms with Crippen LogP contribution in [0.4, 0.5) is 0 Å². The van der Waals surface area contributed by atoms with Crippen molar-refractivity contribution in [2.75, 3.05) is 0 Å². The molecule has 146 valence electrons. The van der Waals surface area contributed by atoms with E-state index in [-0.39, 0.29) is 11.3 Å². The summed E-state index contributed by atoms with van der Waals surface area (Å²) < 4.78 is 1.91. The van der Waals surface area contributed by atoms with Gasteiger partial charge in [-0.3, -0.25) is 9.48 Å². The van der Waals surface area contributed by atoms with Gasteiger partial charge in [-0.05, 0) is 55.9 Å². The maximum Gasteiger partial charge on any atom is 0.326 e. The van der Waals surface area contributed by atoms with E-state index >= 15 is 0 Å². The summed E-state index contributed by atoms with van der Waals surface area (Å²) in [7, 11) is 0. The molecule has 0 saturated carbocycles. The molecule has 1 atom stereocenters. The Morgan fingerprint density at radius 1 is 1.19 bits per heavy atom. The molecule has 0 aliphatic heterocycles. The first-order valence-corrected chi connectivity index (χ1v) is 9.19. The number of amides is 1. The highest BCUT2D eigenvalue weighted by molar-refractivity contribution is 5.96. The van der Waals surface area contributed by atoms with Gasteiger partial charge in [0.05, 0.1) is 12.2 Å². The zero-order valence-electron chi connectivity index (χ0n) is 16.7. The number of aryl methyl sites for hydroxylation is 2. The Morgan fingerprint density at radius 2 is 1.81 bits per heavy atom. The maximum atomic E-state index is 12.4. The molecule has 27 heavy (non-hydrogen) atoms. The lowest BCUT2D eigenvalue weighted by molar-refractivity contribution is -0.139. The van der Waals surface area contributed by atoms with Crippen LogP contribution in [0.2, 0.25) is 0 Å². The zero-order chi connectivity index (χ0) is 20.2. The van der Waals surface area contributed by atoms with Crippen LogP contribution in [0.25, 0.3) is 0 Å². The van der Waals surface area contributed by atoms with Crippen molar-refractivity contribution in [1.82, 2.24) is 15.1 Å². The summed E-state index contributed by atoms with van der Waals surface area (Å²) in [6.07, 6.45) is 1.12. The van der Waals surface area contributed by atoms with E-state index in [1.165, 1.54) is 0 Å². The summed E-state index contributed by atoms with van der Waals surface area (Å²) in [4.78, 5) is 23.9. The van der Waals surface area contributed by atoms with Crippen LogP contribution in [-0.4, -0.2) is 32.8 Å². The minimum absolute atomic E-state index is 0.0169. The first-order valence-electron chi connectivity index (χ1n) is 9.19. The number of rotatable bonds is 7. The summed E-state index contributed by atoms with van der Waals surface area (Å²) in [5.74, 6) is -1.37. The van der Waals surface area contributed by atoms with Gasteiger partial charge in [-0.25, -0.2) is 4.79 Å². The molecule has 0 aliphatic carbocycles. The molecule has 0 spiro atoms. The molecule has 0 fully saturated rings. The van der Waals surface area contributed by atoms with Gasteiger partial charge in [-0.2, -0.15) is 5.10 Å². The summed E-state index contributed by atoms with van der Waals surface area (Å²) >= 11 is 0. The van der Waals surface area contributed by atoms with Crippen LogP contribution in [0.1, 0.15) is 60.9 Å². The van der Waals surface area contributed by atoms with Gasteiger partial charge in [-0.15, -0.1) is 0 Å². The number of hydrogen-bond donors (Lipinski definition) is 2. The third-order valence-electron chi connectivity index (χ3n) is 4.44. The average molecular weight is 371 g/mol. The number of nitrogens with zero attached hydrogens (tertiary/aromatic N) is 2. The molecule has 0 saturated heterocycles. The monoisotopic (exact) mass is 371 g/mol. The molecule has 1 aromatic heterocycles. The van der Waals surface area contributed by atoms with Crippen LogP contribution in [0.3, 0.4) is 0 Å². The quantitative estimate of drug-likeness (QED) is 0.779. The molecule has 2 aromatic rings. The minimum atomic E-state index is -1.01. The standard InChI is InChI=1S/C21H29N3O3/c1-14-12-15(2)24(23-14)13-16-6-8-17(9-7-16)19(25)22-18(20(26)27)10-11-21(3,4)5/h6-9,12,18H,10-11,13H2,1-5H3,(H,22,25)(H,26,27). The lowest BCUT2D eigenvalue weighted by Gasteiger charge is -2.21. The predicted molar refractivity (Wildman–Crippen MR) is 105 cm³/mol. The van der Waals surface area contributed by atoms with E-state index in [0.29, 0.717) is 24.9 Å². The largest absolute Gasteiger partial charge is 0.480 e. The Balaban J connectivity index is 2.01. The molecule has 0 bridgehead atoms. The Hall–Kier alpha value is -2.63. The summed E-state index contributed by atoms with van der Waals surface area (Å²) in [5, 5.41) is 16.4. The molecule has 6 nitrogen and oxygen atoms in total. The molecule has 0 radical (unpaired) electrons. The van der Waals surface area contributed by atoms with Gasteiger partial charge in [-0.1, -0.05) is 32.9 Å². The van der Waals surface area contributed by atoms with Crippen molar-refractivity contribution in [3.05, 3.63) is 52.8 Å². The molecule has 6 heteroatoms. The van der Waals surface area contributed by atoms with E-state index in [9.17, 15) is 14.7 Å². The molecule has 2 rings (SSSR count).